The first-order valence-electron chi connectivity index (χ1n) is 7.44. The van der Waals surface area contributed by atoms with E-state index in [9.17, 15) is 8.42 Å². The number of hydrogen-bond donors (Lipinski definition) is 0. The molecule has 0 heterocycles. The molecule has 0 spiro atoms. The zero-order valence-corrected chi connectivity index (χ0v) is 15.1. The van der Waals surface area contributed by atoms with Crippen LogP contribution >= 0.6 is 0 Å². The van der Waals surface area contributed by atoms with Crippen molar-refractivity contribution in [1.29, 1.82) is 0 Å². The Balaban J connectivity index is 0.00000191. The molecule has 1 aromatic carbocycles. The molecule has 0 fully saturated rings. The molecule has 0 aliphatic heterocycles. The third kappa shape index (κ3) is 8.19. The molecule has 0 aromatic heterocycles. The Labute approximate surface area is 130 Å². The molecular formula is C16H30N2O2S. The number of benzene rings is 1. The van der Waals surface area contributed by atoms with E-state index in [0.29, 0.717) is 11.4 Å². The van der Waals surface area contributed by atoms with E-state index in [1.54, 1.807) is 12.1 Å². The molecule has 5 heteroatoms. The summed E-state index contributed by atoms with van der Waals surface area (Å²) in [5.41, 5.74) is 1.07. The highest BCUT2D eigenvalue weighted by Crippen LogP contribution is 2.12. The van der Waals surface area contributed by atoms with Crippen molar-refractivity contribution >= 4 is 9.84 Å². The summed E-state index contributed by atoms with van der Waals surface area (Å²) >= 11 is 0. The standard InChI is InChI=1S/C14H24N2O2S.C2H6/c1-13-5-7-14(8-6-13)19(17,18)12-11-16(4)10-9-15(2)3;1-2/h5-8H,9-12H2,1-4H3;1-2H3. The quantitative estimate of drug-likeness (QED) is 0.774. The summed E-state index contributed by atoms with van der Waals surface area (Å²) in [5, 5.41) is 0. The van der Waals surface area contributed by atoms with Crippen molar-refractivity contribution in [2.24, 2.45) is 0 Å². The van der Waals surface area contributed by atoms with Crippen molar-refractivity contribution in [3.8, 4) is 0 Å². The molecule has 4 nitrogen and oxygen atoms in total. The lowest BCUT2D eigenvalue weighted by molar-refractivity contribution is 0.293. The van der Waals surface area contributed by atoms with Gasteiger partial charge >= 0.3 is 0 Å². The van der Waals surface area contributed by atoms with Crippen LogP contribution in [0.3, 0.4) is 0 Å². The highest BCUT2D eigenvalue weighted by Gasteiger charge is 2.14. The molecule has 0 N–H and O–H groups in total. The van der Waals surface area contributed by atoms with Crippen LogP contribution in [0.15, 0.2) is 29.2 Å². The topological polar surface area (TPSA) is 40.6 Å². The van der Waals surface area contributed by atoms with Gasteiger partial charge in [-0.05, 0) is 40.2 Å². The van der Waals surface area contributed by atoms with Crippen LogP contribution in [-0.2, 0) is 9.84 Å². The molecule has 122 valence electrons. The van der Waals surface area contributed by atoms with Gasteiger partial charge in [-0.15, -0.1) is 0 Å². The fourth-order valence-electron chi connectivity index (χ4n) is 1.62. The van der Waals surface area contributed by atoms with Gasteiger partial charge < -0.3 is 9.80 Å². The molecular weight excluding hydrogens is 284 g/mol. The third-order valence-electron chi connectivity index (χ3n) is 3.05. The van der Waals surface area contributed by atoms with Crippen LogP contribution in [0, 0.1) is 6.92 Å². The first-order chi connectivity index (χ1) is 9.81. The second-order valence-electron chi connectivity index (χ2n) is 5.24. The minimum atomic E-state index is -3.17. The van der Waals surface area contributed by atoms with Gasteiger partial charge in [-0.25, -0.2) is 8.42 Å². The van der Waals surface area contributed by atoms with E-state index in [1.165, 1.54) is 0 Å². The molecule has 1 rings (SSSR count). The van der Waals surface area contributed by atoms with Gasteiger partial charge in [-0.1, -0.05) is 31.5 Å². The van der Waals surface area contributed by atoms with Crippen LogP contribution in [0.2, 0.25) is 0 Å². The number of sulfone groups is 1. The van der Waals surface area contributed by atoms with Crippen molar-refractivity contribution in [2.45, 2.75) is 25.7 Å². The summed E-state index contributed by atoms with van der Waals surface area (Å²) in [7, 11) is 2.81. The molecule has 0 saturated carbocycles. The SMILES string of the molecule is CC.Cc1ccc(S(=O)(=O)CCN(C)CCN(C)C)cc1. The second kappa shape index (κ2) is 9.92. The zero-order chi connectivity index (χ0) is 16.5. The third-order valence-corrected chi connectivity index (χ3v) is 4.76. The average Bonchev–Trinajstić information content (AvgIpc) is 2.45. The summed E-state index contributed by atoms with van der Waals surface area (Å²) in [6, 6.07) is 7.04. The summed E-state index contributed by atoms with van der Waals surface area (Å²) in [5.74, 6) is 0.167. The molecule has 0 unspecified atom stereocenters. The van der Waals surface area contributed by atoms with Gasteiger partial charge in [0.15, 0.2) is 9.84 Å². The van der Waals surface area contributed by atoms with Gasteiger partial charge in [0.2, 0.25) is 0 Å². The molecule has 0 atom stereocenters. The predicted octanol–water partition coefficient (Wildman–Crippen LogP) is 2.29. The second-order valence-corrected chi connectivity index (χ2v) is 7.35. The van der Waals surface area contributed by atoms with Crippen molar-refractivity contribution in [2.75, 3.05) is 46.5 Å². The van der Waals surface area contributed by atoms with Gasteiger partial charge in [0.05, 0.1) is 10.6 Å². The van der Waals surface area contributed by atoms with Gasteiger partial charge in [0.1, 0.15) is 0 Å². The van der Waals surface area contributed by atoms with Crippen LogP contribution < -0.4 is 0 Å². The van der Waals surface area contributed by atoms with Crippen LogP contribution in [0.4, 0.5) is 0 Å². The van der Waals surface area contributed by atoms with Gasteiger partial charge in [-0.3, -0.25) is 0 Å². The highest BCUT2D eigenvalue weighted by atomic mass is 32.2. The van der Waals surface area contributed by atoms with Crippen LogP contribution in [0.1, 0.15) is 19.4 Å². The van der Waals surface area contributed by atoms with Crippen LogP contribution in [0.25, 0.3) is 0 Å². The number of hydrogen-bond acceptors (Lipinski definition) is 4. The smallest absolute Gasteiger partial charge is 0.179 e. The number of rotatable bonds is 7. The fourth-order valence-corrected chi connectivity index (χ4v) is 2.96. The molecule has 1 aromatic rings. The van der Waals surface area contributed by atoms with Crippen molar-refractivity contribution in [3.05, 3.63) is 29.8 Å². The molecule has 0 amide bonds. The van der Waals surface area contributed by atoms with Gasteiger partial charge in [-0.2, -0.15) is 0 Å². The lowest BCUT2D eigenvalue weighted by Gasteiger charge is -2.19. The molecule has 0 bridgehead atoms. The van der Waals surface area contributed by atoms with Crippen molar-refractivity contribution in [3.63, 3.8) is 0 Å². The monoisotopic (exact) mass is 314 g/mol. The van der Waals surface area contributed by atoms with E-state index in [2.05, 4.69) is 4.90 Å². The number of aryl methyl sites for hydroxylation is 1. The molecule has 0 radical (unpaired) electrons. The largest absolute Gasteiger partial charge is 0.308 e. The van der Waals surface area contributed by atoms with Crippen LogP contribution in [0.5, 0.6) is 0 Å². The lowest BCUT2D eigenvalue weighted by atomic mass is 10.2. The lowest BCUT2D eigenvalue weighted by Crippen LogP contribution is -2.32. The first kappa shape index (κ1) is 20.1. The highest BCUT2D eigenvalue weighted by molar-refractivity contribution is 7.91. The Hall–Kier alpha value is -0.910. The maximum absolute atomic E-state index is 12.1. The van der Waals surface area contributed by atoms with E-state index in [-0.39, 0.29) is 5.75 Å². The molecule has 0 aliphatic rings. The van der Waals surface area contributed by atoms with E-state index < -0.39 is 9.84 Å². The molecule has 0 aliphatic carbocycles. The van der Waals surface area contributed by atoms with E-state index in [1.807, 2.05) is 58.9 Å². The number of likely N-dealkylation sites (N-methyl/N-ethyl adjacent to an activating group) is 2. The van der Waals surface area contributed by atoms with Crippen molar-refractivity contribution < 1.29 is 8.42 Å². The summed E-state index contributed by atoms with van der Waals surface area (Å²) < 4.78 is 24.3. The van der Waals surface area contributed by atoms with Gasteiger partial charge in [0.25, 0.3) is 0 Å². The normalized spacial score (nSPS) is 11.4. The Morgan fingerprint density at radius 1 is 0.905 bits per heavy atom. The van der Waals surface area contributed by atoms with Crippen molar-refractivity contribution in [1.82, 2.24) is 9.80 Å². The maximum Gasteiger partial charge on any atom is 0.179 e. The molecule has 21 heavy (non-hydrogen) atoms. The van der Waals surface area contributed by atoms with Gasteiger partial charge in [0, 0.05) is 19.6 Å². The first-order valence-corrected chi connectivity index (χ1v) is 9.09. The van der Waals surface area contributed by atoms with E-state index in [0.717, 1.165) is 18.7 Å². The van der Waals surface area contributed by atoms with E-state index >= 15 is 0 Å². The Morgan fingerprint density at radius 2 is 1.43 bits per heavy atom. The summed E-state index contributed by atoms with van der Waals surface area (Å²) in [6.07, 6.45) is 0. The maximum atomic E-state index is 12.1. The minimum absolute atomic E-state index is 0.167. The fraction of sp³-hybridized carbons (Fsp3) is 0.625. The Kier molecular flexibility index (Phi) is 9.49. The zero-order valence-electron chi connectivity index (χ0n) is 14.3. The Morgan fingerprint density at radius 3 is 1.90 bits per heavy atom. The minimum Gasteiger partial charge on any atom is -0.308 e. The summed E-state index contributed by atoms with van der Waals surface area (Å²) in [4.78, 5) is 4.55. The molecule has 0 saturated heterocycles. The predicted molar refractivity (Wildman–Crippen MR) is 90.6 cm³/mol. The van der Waals surface area contributed by atoms with Crippen LogP contribution in [-0.4, -0.2) is 64.7 Å². The average molecular weight is 314 g/mol. The van der Waals surface area contributed by atoms with E-state index in [4.69, 9.17) is 0 Å². The Bertz CT molecular complexity index is 482. The number of nitrogens with zero attached hydrogens (tertiary/aromatic N) is 2. The summed E-state index contributed by atoms with van der Waals surface area (Å²) in [6.45, 7) is 8.31.